The molecule has 0 aliphatic heterocycles. The van der Waals surface area contributed by atoms with Crippen LogP contribution in [0.15, 0.2) is 60.6 Å². The van der Waals surface area contributed by atoms with Gasteiger partial charge in [0, 0.05) is 23.9 Å². The fraction of sp³-hybridized carbons (Fsp3) is 0.111. The second-order valence-electron chi connectivity index (χ2n) is 5.83. The van der Waals surface area contributed by atoms with Crippen LogP contribution in [0.5, 0.6) is 0 Å². The first-order valence-electron chi connectivity index (χ1n) is 7.87. The van der Waals surface area contributed by atoms with Crippen molar-refractivity contribution in [1.82, 2.24) is 14.5 Å². The van der Waals surface area contributed by atoms with Crippen molar-refractivity contribution in [2.75, 3.05) is 5.73 Å². The molecule has 25 heavy (non-hydrogen) atoms. The number of benzene rings is 1. The van der Waals surface area contributed by atoms with E-state index in [0.717, 1.165) is 28.5 Å². The third-order valence-corrected chi connectivity index (χ3v) is 4.27. The quantitative estimate of drug-likeness (QED) is 0.585. The second-order valence-corrected chi connectivity index (χ2v) is 5.83. The van der Waals surface area contributed by atoms with E-state index in [9.17, 15) is 10.1 Å². The Morgan fingerprint density at radius 1 is 1.24 bits per heavy atom. The minimum atomic E-state index is -0.343. The predicted octanol–water partition coefficient (Wildman–Crippen LogP) is 3.34. The van der Waals surface area contributed by atoms with Gasteiger partial charge in [0.15, 0.2) is 0 Å². The summed E-state index contributed by atoms with van der Waals surface area (Å²) in [6, 6.07) is 9.82. The molecule has 0 saturated carbocycles. The molecule has 0 bridgehead atoms. The number of aromatic nitrogens is 3. The Labute approximate surface area is 143 Å². The van der Waals surface area contributed by atoms with Crippen molar-refractivity contribution in [3.05, 3.63) is 76.3 Å². The average Bonchev–Trinajstić information content (AvgIpc) is 3.05. The van der Waals surface area contributed by atoms with Gasteiger partial charge < -0.3 is 10.3 Å². The van der Waals surface area contributed by atoms with E-state index in [-0.39, 0.29) is 16.6 Å². The highest BCUT2D eigenvalue weighted by atomic mass is 16.6. The standard InChI is InChI=1S/C18H15N5O2/c19-18-20-8-6-17(21-18)22-9-7-12-4-5-14(11-16(12)22)13-2-1-3-15(10-13)23(24)25/h3-11H,1-2H2,(H2,19,20,21). The molecule has 0 unspecified atom stereocenters. The van der Waals surface area contributed by atoms with Gasteiger partial charge in [0.1, 0.15) is 5.82 Å². The molecule has 3 aromatic rings. The highest BCUT2D eigenvalue weighted by Gasteiger charge is 2.16. The van der Waals surface area contributed by atoms with E-state index in [0.29, 0.717) is 12.2 Å². The molecule has 1 aliphatic carbocycles. The number of nitro groups is 1. The lowest BCUT2D eigenvalue weighted by molar-refractivity contribution is -0.419. The smallest absolute Gasteiger partial charge is 0.265 e. The molecule has 0 atom stereocenters. The second kappa shape index (κ2) is 5.86. The first-order valence-corrected chi connectivity index (χ1v) is 7.87. The summed E-state index contributed by atoms with van der Waals surface area (Å²) in [7, 11) is 0. The van der Waals surface area contributed by atoms with Crippen molar-refractivity contribution in [3.63, 3.8) is 0 Å². The summed E-state index contributed by atoms with van der Waals surface area (Å²) in [6.45, 7) is 0. The average molecular weight is 333 g/mol. The summed E-state index contributed by atoms with van der Waals surface area (Å²) >= 11 is 0. The van der Waals surface area contributed by atoms with Gasteiger partial charge in [-0.15, -0.1) is 0 Å². The SMILES string of the molecule is Nc1nccc(-n2ccc3ccc(C4=CC([N+](=O)[O-])=CCC4)cc32)n1. The van der Waals surface area contributed by atoms with E-state index < -0.39 is 0 Å². The van der Waals surface area contributed by atoms with Crippen LogP contribution in [-0.2, 0) is 0 Å². The molecule has 2 aromatic heterocycles. The first kappa shape index (κ1) is 15.1. The molecule has 0 spiro atoms. The Morgan fingerprint density at radius 2 is 2.12 bits per heavy atom. The van der Waals surface area contributed by atoms with Crippen molar-refractivity contribution < 1.29 is 4.92 Å². The Kier molecular flexibility index (Phi) is 3.53. The van der Waals surface area contributed by atoms with Crippen LogP contribution in [0.2, 0.25) is 0 Å². The molecule has 7 nitrogen and oxygen atoms in total. The van der Waals surface area contributed by atoms with Gasteiger partial charge in [0.2, 0.25) is 5.95 Å². The third-order valence-electron chi connectivity index (χ3n) is 4.27. The van der Waals surface area contributed by atoms with Gasteiger partial charge in [-0.05, 0) is 48.3 Å². The third kappa shape index (κ3) is 2.76. The topological polar surface area (TPSA) is 99.9 Å². The molecular weight excluding hydrogens is 318 g/mol. The van der Waals surface area contributed by atoms with Crippen LogP contribution < -0.4 is 5.73 Å². The van der Waals surface area contributed by atoms with Gasteiger partial charge in [0.05, 0.1) is 10.4 Å². The molecule has 2 N–H and O–H groups in total. The van der Waals surface area contributed by atoms with Crippen molar-refractivity contribution in [2.24, 2.45) is 0 Å². The van der Waals surface area contributed by atoms with Crippen molar-refractivity contribution >= 4 is 22.4 Å². The van der Waals surface area contributed by atoms with Crippen LogP contribution in [0.25, 0.3) is 22.3 Å². The van der Waals surface area contributed by atoms with Gasteiger partial charge in [-0.3, -0.25) is 10.1 Å². The van der Waals surface area contributed by atoms with Gasteiger partial charge in [0.25, 0.3) is 5.70 Å². The number of nitrogen functional groups attached to an aromatic ring is 1. The molecule has 124 valence electrons. The molecule has 0 radical (unpaired) electrons. The number of nitrogens with zero attached hydrogens (tertiary/aromatic N) is 4. The zero-order valence-electron chi connectivity index (χ0n) is 13.3. The van der Waals surface area contributed by atoms with Crippen LogP contribution in [0, 0.1) is 10.1 Å². The lowest BCUT2D eigenvalue weighted by Crippen LogP contribution is -2.02. The fourth-order valence-corrected chi connectivity index (χ4v) is 3.07. The summed E-state index contributed by atoms with van der Waals surface area (Å²) in [6.07, 6.45) is 8.31. The molecule has 2 heterocycles. The number of anilines is 1. The highest BCUT2D eigenvalue weighted by Crippen LogP contribution is 2.30. The summed E-state index contributed by atoms with van der Waals surface area (Å²) in [5, 5.41) is 12.1. The molecule has 0 amide bonds. The van der Waals surface area contributed by atoms with E-state index in [2.05, 4.69) is 9.97 Å². The first-order chi connectivity index (χ1) is 12.1. The van der Waals surface area contributed by atoms with Gasteiger partial charge in [-0.2, -0.15) is 4.98 Å². The van der Waals surface area contributed by atoms with E-state index in [1.165, 1.54) is 0 Å². The number of fused-ring (bicyclic) bond motifs is 1. The Bertz CT molecular complexity index is 1050. The molecule has 1 aromatic carbocycles. The van der Waals surface area contributed by atoms with Crippen LogP contribution in [0.1, 0.15) is 18.4 Å². The van der Waals surface area contributed by atoms with E-state index >= 15 is 0 Å². The van der Waals surface area contributed by atoms with E-state index in [1.54, 1.807) is 24.4 Å². The van der Waals surface area contributed by atoms with Gasteiger partial charge in [-0.1, -0.05) is 12.1 Å². The Hall–Kier alpha value is -3.48. The number of hydrogen-bond acceptors (Lipinski definition) is 5. The summed E-state index contributed by atoms with van der Waals surface area (Å²) in [5.74, 6) is 0.898. The largest absolute Gasteiger partial charge is 0.368 e. The summed E-state index contributed by atoms with van der Waals surface area (Å²) in [5.41, 5.74) is 8.74. The van der Waals surface area contributed by atoms with Crippen LogP contribution in [0.4, 0.5) is 5.95 Å². The van der Waals surface area contributed by atoms with Gasteiger partial charge in [-0.25, -0.2) is 4.98 Å². The maximum absolute atomic E-state index is 11.0. The predicted molar refractivity (Wildman–Crippen MR) is 95.6 cm³/mol. The van der Waals surface area contributed by atoms with Crippen LogP contribution in [-0.4, -0.2) is 19.5 Å². The van der Waals surface area contributed by atoms with Crippen molar-refractivity contribution in [2.45, 2.75) is 12.8 Å². The monoisotopic (exact) mass is 333 g/mol. The van der Waals surface area contributed by atoms with E-state index in [1.807, 2.05) is 35.0 Å². The minimum absolute atomic E-state index is 0.153. The number of hydrogen-bond donors (Lipinski definition) is 1. The zero-order valence-corrected chi connectivity index (χ0v) is 13.3. The van der Waals surface area contributed by atoms with Crippen molar-refractivity contribution in [1.29, 1.82) is 0 Å². The summed E-state index contributed by atoms with van der Waals surface area (Å²) < 4.78 is 1.94. The molecular formula is C18H15N5O2. The molecule has 4 rings (SSSR count). The summed E-state index contributed by atoms with van der Waals surface area (Å²) in [4.78, 5) is 18.9. The molecule has 0 saturated heterocycles. The van der Waals surface area contributed by atoms with Gasteiger partial charge >= 0.3 is 0 Å². The lowest BCUT2D eigenvalue weighted by atomic mass is 9.95. The molecule has 7 heteroatoms. The number of rotatable bonds is 3. The zero-order chi connectivity index (χ0) is 17.4. The minimum Gasteiger partial charge on any atom is -0.368 e. The van der Waals surface area contributed by atoms with Crippen LogP contribution >= 0.6 is 0 Å². The number of allylic oxidation sites excluding steroid dienone is 3. The fourth-order valence-electron chi connectivity index (χ4n) is 3.07. The lowest BCUT2D eigenvalue weighted by Gasteiger charge is -2.11. The van der Waals surface area contributed by atoms with E-state index in [4.69, 9.17) is 5.73 Å². The molecule has 1 aliphatic rings. The number of nitrogens with two attached hydrogens (primary N) is 1. The molecule has 0 fully saturated rings. The highest BCUT2D eigenvalue weighted by molar-refractivity contribution is 5.86. The normalized spacial score (nSPS) is 14.2. The van der Waals surface area contributed by atoms with Crippen LogP contribution in [0.3, 0.4) is 0 Å². The van der Waals surface area contributed by atoms with Crippen molar-refractivity contribution in [3.8, 4) is 5.82 Å². The Balaban J connectivity index is 1.82. The maximum atomic E-state index is 11.0. The maximum Gasteiger partial charge on any atom is 0.265 e. The Morgan fingerprint density at radius 3 is 2.92 bits per heavy atom.